The highest BCUT2D eigenvalue weighted by atomic mass is 16.5. The number of aryl methyl sites for hydroxylation is 2. The fourth-order valence-electron chi connectivity index (χ4n) is 5.44. The van der Waals surface area contributed by atoms with Gasteiger partial charge in [-0.05, 0) is 86.8 Å². The Morgan fingerprint density at radius 1 is 0.941 bits per heavy atom. The average Bonchev–Trinajstić information content (AvgIpc) is 2.81. The molecule has 6 heteroatoms. The minimum atomic E-state index is -0.397. The predicted molar refractivity (Wildman–Crippen MR) is 132 cm³/mol. The number of hydrogen-bond acceptors (Lipinski definition) is 6. The lowest BCUT2D eigenvalue weighted by atomic mass is 9.90. The molecule has 4 atom stereocenters. The van der Waals surface area contributed by atoms with Crippen LogP contribution in [-0.4, -0.2) is 47.6 Å². The van der Waals surface area contributed by atoms with Gasteiger partial charge in [0.25, 0.3) is 0 Å². The van der Waals surface area contributed by atoms with Gasteiger partial charge in [0.2, 0.25) is 0 Å². The van der Waals surface area contributed by atoms with E-state index in [1.54, 1.807) is 13.2 Å². The molecule has 0 amide bonds. The van der Waals surface area contributed by atoms with Crippen LogP contribution in [0.5, 0.6) is 11.5 Å². The standard InChI is InChI=1S/C28H37NO5/c1-18(30)34-24-11-7-20-9-13-28(33-2)26(15-20)25-14-19(8-12-27(25)32)6-10-23(31)16-21-4-3-5-22(17-24)29-21/h8-9,12-15,21-24,29,31-32H,3-7,10-11,16-17H2,1-2H3/t21-,22+,23-,24+/m0/s1. The summed E-state index contributed by atoms with van der Waals surface area (Å²) in [4.78, 5) is 11.8. The van der Waals surface area contributed by atoms with Gasteiger partial charge in [-0.15, -0.1) is 0 Å². The highest BCUT2D eigenvalue weighted by Gasteiger charge is 2.27. The Labute approximate surface area is 202 Å². The number of carbonyl (C=O) groups is 1. The summed E-state index contributed by atoms with van der Waals surface area (Å²) < 4.78 is 11.3. The number of aliphatic hydroxyl groups is 1. The summed E-state index contributed by atoms with van der Waals surface area (Å²) in [6.07, 6.45) is 7.04. The molecule has 1 saturated heterocycles. The average molecular weight is 468 g/mol. The highest BCUT2D eigenvalue weighted by Crippen LogP contribution is 2.38. The van der Waals surface area contributed by atoms with Gasteiger partial charge >= 0.3 is 5.97 Å². The van der Waals surface area contributed by atoms with Crippen LogP contribution in [0.1, 0.15) is 63.0 Å². The van der Waals surface area contributed by atoms with Crippen molar-refractivity contribution in [3.8, 4) is 22.6 Å². The van der Waals surface area contributed by atoms with Gasteiger partial charge < -0.3 is 25.0 Å². The van der Waals surface area contributed by atoms with Gasteiger partial charge in [0.15, 0.2) is 0 Å². The molecule has 1 fully saturated rings. The van der Waals surface area contributed by atoms with Gasteiger partial charge in [-0.3, -0.25) is 4.79 Å². The number of piperidine rings is 1. The third kappa shape index (κ3) is 6.30. The molecule has 0 spiro atoms. The summed E-state index contributed by atoms with van der Waals surface area (Å²) in [5, 5.41) is 25.1. The fourth-order valence-corrected chi connectivity index (χ4v) is 5.44. The minimum Gasteiger partial charge on any atom is -0.507 e. The number of carbonyl (C=O) groups excluding carboxylic acids is 1. The van der Waals surface area contributed by atoms with Gasteiger partial charge in [-0.2, -0.15) is 0 Å². The third-order valence-corrected chi connectivity index (χ3v) is 7.15. The molecular weight excluding hydrogens is 430 g/mol. The van der Waals surface area contributed by atoms with Crippen LogP contribution in [0, 0.1) is 0 Å². The Balaban J connectivity index is 1.68. The van der Waals surface area contributed by atoms with E-state index in [1.807, 2.05) is 24.3 Å². The van der Waals surface area contributed by atoms with Crippen LogP contribution in [0.2, 0.25) is 0 Å². The maximum atomic E-state index is 11.8. The number of rotatable bonds is 2. The number of esters is 1. The number of hydrogen-bond donors (Lipinski definition) is 3. The Morgan fingerprint density at radius 3 is 2.35 bits per heavy atom. The molecule has 0 unspecified atom stereocenters. The highest BCUT2D eigenvalue weighted by molar-refractivity contribution is 5.76. The van der Waals surface area contributed by atoms with Crippen molar-refractivity contribution in [2.75, 3.05) is 7.11 Å². The Bertz CT molecular complexity index is 991. The van der Waals surface area contributed by atoms with Crippen LogP contribution in [0.25, 0.3) is 11.1 Å². The van der Waals surface area contributed by atoms with E-state index in [4.69, 9.17) is 9.47 Å². The normalized spacial score (nSPS) is 25.7. The second-order valence-corrected chi connectivity index (χ2v) is 9.81. The molecule has 0 saturated carbocycles. The number of phenols is 1. The second kappa shape index (κ2) is 11.2. The molecule has 6 nitrogen and oxygen atoms in total. The van der Waals surface area contributed by atoms with Crippen LogP contribution >= 0.6 is 0 Å². The number of methoxy groups -OCH3 is 1. The molecule has 2 heterocycles. The molecule has 3 N–H and O–H groups in total. The van der Waals surface area contributed by atoms with Crippen LogP contribution in [0.3, 0.4) is 0 Å². The first-order valence-corrected chi connectivity index (χ1v) is 12.5. The number of fused-ring (bicyclic) bond motifs is 7. The maximum absolute atomic E-state index is 11.8. The number of benzene rings is 2. The van der Waals surface area contributed by atoms with Crippen molar-refractivity contribution in [1.29, 1.82) is 0 Å². The van der Waals surface area contributed by atoms with E-state index in [2.05, 4.69) is 11.4 Å². The second-order valence-electron chi connectivity index (χ2n) is 9.81. The van der Waals surface area contributed by atoms with Crippen molar-refractivity contribution in [3.05, 3.63) is 47.5 Å². The summed E-state index contributed by atoms with van der Waals surface area (Å²) in [6, 6.07) is 12.2. The smallest absolute Gasteiger partial charge is 0.302 e. The Morgan fingerprint density at radius 2 is 1.62 bits per heavy atom. The van der Waals surface area contributed by atoms with Gasteiger partial charge in [0.1, 0.15) is 17.6 Å². The molecule has 6 bridgehead atoms. The first-order valence-electron chi connectivity index (χ1n) is 12.5. The van der Waals surface area contributed by atoms with Gasteiger partial charge in [-0.1, -0.05) is 18.6 Å². The third-order valence-electron chi connectivity index (χ3n) is 7.15. The molecule has 2 aromatic rings. The van der Waals surface area contributed by atoms with Crippen LogP contribution in [0.4, 0.5) is 0 Å². The number of aromatic hydroxyl groups is 1. The van der Waals surface area contributed by atoms with Crippen molar-refractivity contribution in [3.63, 3.8) is 0 Å². The van der Waals surface area contributed by atoms with Gasteiger partial charge in [-0.25, -0.2) is 0 Å². The van der Waals surface area contributed by atoms with Crippen LogP contribution in [0.15, 0.2) is 36.4 Å². The molecule has 2 aliphatic heterocycles. The van der Waals surface area contributed by atoms with Crippen LogP contribution in [-0.2, 0) is 22.4 Å². The summed E-state index contributed by atoms with van der Waals surface area (Å²) in [5.41, 5.74) is 3.75. The topological polar surface area (TPSA) is 88.0 Å². The minimum absolute atomic E-state index is 0.170. The van der Waals surface area contributed by atoms with Crippen molar-refractivity contribution in [1.82, 2.24) is 5.32 Å². The van der Waals surface area contributed by atoms with E-state index in [0.29, 0.717) is 18.6 Å². The van der Waals surface area contributed by atoms with E-state index in [1.165, 1.54) is 6.92 Å². The van der Waals surface area contributed by atoms with E-state index in [-0.39, 0.29) is 29.9 Å². The number of ether oxygens (including phenoxy) is 2. The van der Waals surface area contributed by atoms with Crippen molar-refractivity contribution in [2.24, 2.45) is 0 Å². The zero-order valence-electron chi connectivity index (χ0n) is 20.3. The molecule has 0 aliphatic carbocycles. The molecule has 0 aromatic heterocycles. The van der Waals surface area contributed by atoms with Crippen molar-refractivity contribution < 1.29 is 24.5 Å². The lowest BCUT2D eigenvalue weighted by Crippen LogP contribution is -2.45. The lowest BCUT2D eigenvalue weighted by molar-refractivity contribution is -0.147. The Kier molecular flexibility index (Phi) is 8.11. The predicted octanol–water partition coefficient (Wildman–Crippen LogP) is 4.53. The van der Waals surface area contributed by atoms with Crippen molar-refractivity contribution in [2.45, 2.75) is 89.0 Å². The van der Waals surface area contributed by atoms with Gasteiger partial charge in [0.05, 0.1) is 13.2 Å². The van der Waals surface area contributed by atoms with Crippen molar-refractivity contribution >= 4 is 5.97 Å². The van der Waals surface area contributed by atoms with Crippen LogP contribution < -0.4 is 10.1 Å². The molecule has 0 radical (unpaired) electrons. The van der Waals surface area contributed by atoms with Gasteiger partial charge in [0, 0.05) is 30.1 Å². The van der Waals surface area contributed by atoms with E-state index < -0.39 is 6.10 Å². The summed E-state index contributed by atoms with van der Waals surface area (Å²) in [7, 11) is 1.63. The zero-order chi connectivity index (χ0) is 24.1. The summed E-state index contributed by atoms with van der Waals surface area (Å²) >= 11 is 0. The SMILES string of the molecule is COc1ccc2cc1-c1cc(ccc1O)CC[C@H](O)C[C@@H]1CCC[C@H](C[C@H](OC(C)=O)CC2)N1. The number of aliphatic hydroxyl groups excluding tert-OH is 1. The monoisotopic (exact) mass is 467 g/mol. The molecule has 2 aromatic carbocycles. The first kappa shape index (κ1) is 24.6. The zero-order valence-corrected chi connectivity index (χ0v) is 20.3. The number of phenolic OH excluding ortho intramolecular Hbond substituents is 1. The van der Waals surface area contributed by atoms with E-state index in [0.717, 1.165) is 67.2 Å². The largest absolute Gasteiger partial charge is 0.507 e. The van der Waals surface area contributed by atoms with E-state index in [9.17, 15) is 15.0 Å². The lowest BCUT2D eigenvalue weighted by Gasteiger charge is -2.34. The molecule has 2 aliphatic rings. The Hall–Kier alpha value is -2.57. The number of nitrogens with one attached hydrogen (secondary N) is 1. The maximum Gasteiger partial charge on any atom is 0.302 e. The molecule has 4 rings (SSSR count). The summed E-state index contributed by atoms with van der Waals surface area (Å²) in [5.74, 6) is 0.646. The molecule has 184 valence electrons. The first-order chi connectivity index (χ1) is 16.4. The quantitative estimate of drug-likeness (QED) is 0.563. The molecule has 34 heavy (non-hydrogen) atoms. The van der Waals surface area contributed by atoms with E-state index >= 15 is 0 Å². The summed E-state index contributed by atoms with van der Waals surface area (Å²) in [6.45, 7) is 1.47. The fraction of sp³-hybridized carbons (Fsp3) is 0.536. The molecular formula is C28H37NO5.